The molecule has 0 aromatic rings. The quantitative estimate of drug-likeness (QED) is 0.488. The van der Waals surface area contributed by atoms with Gasteiger partial charge in [0.15, 0.2) is 0 Å². The van der Waals surface area contributed by atoms with Gasteiger partial charge in [-0.2, -0.15) is 11.8 Å². The van der Waals surface area contributed by atoms with Crippen molar-refractivity contribution < 1.29 is 14.6 Å². The lowest BCUT2D eigenvalue weighted by molar-refractivity contribution is -0.144. The summed E-state index contributed by atoms with van der Waals surface area (Å²) in [7, 11) is 0. The first-order valence-corrected chi connectivity index (χ1v) is 7.36. The van der Waals surface area contributed by atoms with E-state index in [4.69, 9.17) is 10.5 Å². The maximum atomic E-state index is 11.2. The molecule has 0 aliphatic carbocycles. The highest BCUT2D eigenvalue weighted by Crippen LogP contribution is 2.21. The van der Waals surface area contributed by atoms with Gasteiger partial charge < -0.3 is 15.6 Å². The number of carbonyl (C=O) groups excluding carboxylic acids is 1. The van der Waals surface area contributed by atoms with E-state index in [0.717, 1.165) is 18.6 Å². The topological polar surface area (TPSA) is 72.5 Å². The van der Waals surface area contributed by atoms with Crippen molar-refractivity contribution in [3.05, 3.63) is 0 Å². The Hall–Kier alpha value is -0.260. The highest BCUT2D eigenvalue weighted by atomic mass is 32.2. The molecule has 1 atom stereocenters. The Labute approximate surface area is 108 Å². The summed E-state index contributed by atoms with van der Waals surface area (Å²) >= 11 is 1.64. The first-order chi connectivity index (χ1) is 7.99. The monoisotopic (exact) mass is 263 g/mol. The van der Waals surface area contributed by atoms with Crippen molar-refractivity contribution in [2.24, 2.45) is 5.73 Å². The molecule has 3 N–H and O–H groups in total. The molecule has 0 aliphatic rings. The molecule has 0 saturated heterocycles. The van der Waals surface area contributed by atoms with Gasteiger partial charge in [0.2, 0.25) is 0 Å². The number of nitrogens with two attached hydrogens (primary N) is 1. The van der Waals surface area contributed by atoms with E-state index in [1.807, 2.05) is 13.8 Å². The van der Waals surface area contributed by atoms with E-state index < -0.39 is 11.6 Å². The third-order valence-electron chi connectivity index (χ3n) is 2.85. The molecule has 0 aromatic heterocycles. The molecule has 17 heavy (non-hydrogen) atoms. The van der Waals surface area contributed by atoms with Crippen LogP contribution in [0.25, 0.3) is 0 Å². The van der Waals surface area contributed by atoms with Gasteiger partial charge in [-0.25, -0.2) is 0 Å². The van der Waals surface area contributed by atoms with Crippen LogP contribution in [0.5, 0.6) is 0 Å². The zero-order chi connectivity index (χ0) is 13.3. The lowest BCUT2D eigenvalue weighted by Gasteiger charge is -2.24. The fraction of sp³-hybridized carbons (Fsp3) is 0.917. The minimum absolute atomic E-state index is 0.339. The number of esters is 1. The van der Waals surface area contributed by atoms with Crippen molar-refractivity contribution in [1.82, 2.24) is 0 Å². The van der Waals surface area contributed by atoms with E-state index in [9.17, 15) is 9.90 Å². The summed E-state index contributed by atoms with van der Waals surface area (Å²) < 4.78 is 4.82. The van der Waals surface area contributed by atoms with E-state index >= 15 is 0 Å². The molecule has 0 aromatic carbocycles. The van der Waals surface area contributed by atoms with E-state index in [1.165, 1.54) is 0 Å². The summed E-state index contributed by atoms with van der Waals surface area (Å²) in [5.74, 6) is 1.12. The highest BCUT2D eigenvalue weighted by molar-refractivity contribution is 7.99. The molecular formula is C12H25NO3S. The van der Waals surface area contributed by atoms with Crippen molar-refractivity contribution in [3.8, 4) is 0 Å². The summed E-state index contributed by atoms with van der Waals surface area (Å²) in [6, 6.07) is -0.543. The zero-order valence-electron chi connectivity index (χ0n) is 11.1. The summed E-state index contributed by atoms with van der Waals surface area (Å²) in [4.78, 5) is 11.2. The second-order valence-corrected chi connectivity index (χ2v) is 5.24. The van der Waals surface area contributed by atoms with E-state index in [2.05, 4.69) is 0 Å². The van der Waals surface area contributed by atoms with E-state index in [0.29, 0.717) is 18.8 Å². The normalized spacial score (nSPS) is 13.5. The summed E-state index contributed by atoms with van der Waals surface area (Å²) in [6.45, 7) is 6.09. The highest BCUT2D eigenvalue weighted by Gasteiger charge is 2.22. The van der Waals surface area contributed by atoms with Crippen LogP contribution in [-0.2, 0) is 9.53 Å². The van der Waals surface area contributed by atoms with Crippen LogP contribution in [0.1, 0.15) is 40.0 Å². The number of hydrogen-bond acceptors (Lipinski definition) is 5. The third-order valence-corrected chi connectivity index (χ3v) is 4.12. The Morgan fingerprint density at radius 2 is 2.00 bits per heavy atom. The van der Waals surface area contributed by atoms with Crippen LogP contribution in [-0.4, -0.2) is 40.8 Å². The second kappa shape index (κ2) is 8.78. The molecule has 0 bridgehead atoms. The molecular weight excluding hydrogens is 238 g/mol. The van der Waals surface area contributed by atoms with Crippen LogP contribution in [0.3, 0.4) is 0 Å². The van der Waals surface area contributed by atoms with Crippen LogP contribution >= 0.6 is 11.8 Å². The lowest BCUT2D eigenvalue weighted by atomic mass is 10.0. The molecule has 0 aliphatic heterocycles. The van der Waals surface area contributed by atoms with Crippen molar-refractivity contribution in [3.63, 3.8) is 0 Å². The second-order valence-electron chi connectivity index (χ2n) is 4.13. The molecule has 102 valence electrons. The number of rotatable bonds is 9. The first kappa shape index (κ1) is 16.7. The molecule has 4 nitrogen and oxygen atoms in total. The minimum atomic E-state index is -0.585. The Balaban J connectivity index is 3.74. The number of ether oxygens (including phenoxy) is 1. The molecule has 1 unspecified atom stereocenters. The van der Waals surface area contributed by atoms with Gasteiger partial charge in [0.25, 0.3) is 0 Å². The van der Waals surface area contributed by atoms with Gasteiger partial charge in [-0.3, -0.25) is 4.79 Å². The molecule has 0 fully saturated rings. The number of aliphatic hydroxyl groups is 1. The number of thioether (sulfide) groups is 1. The molecule has 0 heterocycles. The molecule has 0 radical (unpaired) electrons. The average Bonchev–Trinajstić information content (AvgIpc) is 2.34. The predicted octanol–water partition coefficient (Wildman–Crippen LogP) is 1.55. The third kappa shape index (κ3) is 6.91. The fourth-order valence-electron chi connectivity index (χ4n) is 1.29. The largest absolute Gasteiger partial charge is 0.465 e. The van der Waals surface area contributed by atoms with Gasteiger partial charge in [-0.05, 0) is 31.9 Å². The summed E-state index contributed by atoms with van der Waals surface area (Å²) in [5.41, 5.74) is 5.08. The minimum Gasteiger partial charge on any atom is -0.465 e. The van der Waals surface area contributed by atoms with Gasteiger partial charge in [-0.15, -0.1) is 0 Å². The Kier molecular flexibility index (Phi) is 8.64. The van der Waals surface area contributed by atoms with Gasteiger partial charge in [-0.1, -0.05) is 13.8 Å². The van der Waals surface area contributed by atoms with Gasteiger partial charge in [0, 0.05) is 5.75 Å². The summed E-state index contributed by atoms with van der Waals surface area (Å²) in [5, 5.41) is 10.0. The number of hydrogen-bond donors (Lipinski definition) is 2. The smallest absolute Gasteiger partial charge is 0.322 e. The Morgan fingerprint density at radius 1 is 1.41 bits per heavy atom. The first-order valence-electron chi connectivity index (χ1n) is 6.21. The zero-order valence-corrected chi connectivity index (χ0v) is 11.9. The van der Waals surface area contributed by atoms with Crippen molar-refractivity contribution in [2.75, 3.05) is 18.1 Å². The maximum Gasteiger partial charge on any atom is 0.322 e. The van der Waals surface area contributed by atoms with Crippen LogP contribution in [0.15, 0.2) is 0 Å². The van der Waals surface area contributed by atoms with Gasteiger partial charge >= 0.3 is 5.97 Å². The number of carbonyl (C=O) groups is 1. The van der Waals surface area contributed by atoms with Crippen molar-refractivity contribution >= 4 is 17.7 Å². The molecule has 0 amide bonds. The van der Waals surface area contributed by atoms with Crippen molar-refractivity contribution in [1.29, 1.82) is 0 Å². The predicted molar refractivity (Wildman–Crippen MR) is 72.1 cm³/mol. The standard InChI is InChI=1S/C12H25NO3S/c1-4-12(15,5-2)9-17-8-7-10(13)11(14)16-6-3/h10,15H,4-9,13H2,1-3H3. The van der Waals surface area contributed by atoms with E-state index in [1.54, 1.807) is 18.7 Å². The lowest BCUT2D eigenvalue weighted by Crippen LogP contribution is -2.33. The Bertz CT molecular complexity index is 220. The molecule has 0 saturated carbocycles. The van der Waals surface area contributed by atoms with Crippen LogP contribution in [0.4, 0.5) is 0 Å². The Morgan fingerprint density at radius 3 is 2.47 bits per heavy atom. The van der Waals surface area contributed by atoms with Crippen molar-refractivity contribution in [2.45, 2.75) is 51.7 Å². The van der Waals surface area contributed by atoms with Gasteiger partial charge in [0.1, 0.15) is 6.04 Å². The van der Waals surface area contributed by atoms with Crippen LogP contribution in [0.2, 0.25) is 0 Å². The van der Waals surface area contributed by atoms with E-state index in [-0.39, 0.29) is 5.97 Å². The summed E-state index contributed by atoms with van der Waals surface area (Å²) in [6.07, 6.45) is 2.09. The van der Waals surface area contributed by atoms with Crippen LogP contribution < -0.4 is 5.73 Å². The van der Waals surface area contributed by atoms with Crippen LogP contribution in [0, 0.1) is 0 Å². The average molecular weight is 263 g/mol. The molecule has 5 heteroatoms. The molecule has 0 rings (SSSR count). The SMILES string of the molecule is CCOC(=O)C(N)CCSCC(O)(CC)CC. The fourth-order valence-corrected chi connectivity index (χ4v) is 2.65. The maximum absolute atomic E-state index is 11.2. The van der Waals surface area contributed by atoms with Gasteiger partial charge in [0.05, 0.1) is 12.2 Å². The molecule has 0 spiro atoms.